The Hall–Kier alpha value is -0.0500. The topological polar surface area (TPSA) is 34.1 Å². The van der Waals surface area contributed by atoms with Crippen molar-refractivity contribution in [2.75, 3.05) is 5.75 Å². The molecular weight excluding hydrogens is 280 g/mol. The van der Waals surface area contributed by atoms with Gasteiger partial charge in [0.15, 0.2) is 9.84 Å². The maximum Gasteiger partial charge on any atom is 0.152 e. The molecule has 0 fully saturated rings. The Balaban J connectivity index is 3.20. The van der Waals surface area contributed by atoms with Gasteiger partial charge in [0, 0.05) is 0 Å². The summed E-state index contributed by atoms with van der Waals surface area (Å²) in [5.41, 5.74) is 0. The van der Waals surface area contributed by atoms with E-state index < -0.39 is 9.84 Å². The van der Waals surface area contributed by atoms with E-state index in [-0.39, 0.29) is 5.25 Å². The van der Waals surface area contributed by atoms with Crippen LogP contribution in [0.15, 0.2) is 0 Å². The van der Waals surface area contributed by atoms with E-state index in [1.807, 2.05) is 0 Å². The number of rotatable bonds is 15. The molecule has 0 aromatic heterocycles. The van der Waals surface area contributed by atoms with Gasteiger partial charge in [-0.05, 0) is 20.3 Å². The van der Waals surface area contributed by atoms with Crippen molar-refractivity contribution in [1.29, 1.82) is 0 Å². The number of hydrogen-bond acceptors (Lipinski definition) is 2. The Labute approximate surface area is 134 Å². The van der Waals surface area contributed by atoms with Gasteiger partial charge in [0.1, 0.15) is 0 Å². The summed E-state index contributed by atoms with van der Waals surface area (Å²) < 4.78 is 23.3. The van der Waals surface area contributed by atoms with Crippen LogP contribution in [-0.2, 0) is 9.84 Å². The van der Waals surface area contributed by atoms with Crippen molar-refractivity contribution < 1.29 is 8.42 Å². The summed E-state index contributed by atoms with van der Waals surface area (Å²) in [5.74, 6) is 0.377. The second-order valence-electron chi connectivity index (χ2n) is 6.66. The van der Waals surface area contributed by atoms with Crippen molar-refractivity contribution in [3.05, 3.63) is 0 Å². The Morgan fingerprint density at radius 3 is 1.29 bits per heavy atom. The van der Waals surface area contributed by atoms with Crippen molar-refractivity contribution in [2.24, 2.45) is 0 Å². The third kappa shape index (κ3) is 13.3. The molecule has 0 aromatic carbocycles. The molecule has 2 nitrogen and oxygen atoms in total. The van der Waals surface area contributed by atoms with E-state index in [2.05, 4.69) is 6.92 Å². The molecule has 0 saturated carbocycles. The fraction of sp³-hybridized carbons (Fsp3) is 1.00. The van der Waals surface area contributed by atoms with E-state index in [0.29, 0.717) is 5.75 Å². The molecule has 0 bridgehead atoms. The molecule has 0 heterocycles. The highest BCUT2D eigenvalue weighted by Gasteiger charge is 2.14. The average Bonchev–Trinajstić information content (AvgIpc) is 2.43. The highest BCUT2D eigenvalue weighted by Crippen LogP contribution is 2.13. The standard InChI is InChI=1S/C18H38O2S/c1-4-5-6-7-8-9-10-11-12-13-14-15-16-17-21(19,20)18(2)3/h18H,4-17H2,1-3H3. The van der Waals surface area contributed by atoms with Gasteiger partial charge in [-0.25, -0.2) is 8.42 Å². The van der Waals surface area contributed by atoms with Crippen LogP contribution < -0.4 is 0 Å². The van der Waals surface area contributed by atoms with Crippen LogP contribution in [0, 0.1) is 0 Å². The molecule has 0 rings (SSSR count). The molecule has 21 heavy (non-hydrogen) atoms. The summed E-state index contributed by atoms with van der Waals surface area (Å²) in [6, 6.07) is 0. The van der Waals surface area contributed by atoms with Crippen LogP contribution in [0.2, 0.25) is 0 Å². The summed E-state index contributed by atoms with van der Waals surface area (Å²) in [6.07, 6.45) is 16.8. The van der Waals surface area contributed by atoms with Crippen molar-refractivity contribution in [1.82, 2.24) is 0 Å². The maximum absolute atomic E-state index is 11.6. The third-order valence-corrected chi connectivity index (χ3v) is 6.54. The Bertz CT molecular complexity index is 307. The van der Waals surface area contributed by atoms with Gasteiger partial charge in [0.2, 0.25) is 0 Å². The summed E-state index contributed by atoms with van der Waals surface area (Å²) in [7, 11) is -2.81. The van der Waals surface area contributed by atoms with Crippen molar-refractivity contribution in [2.45, 2.75) is 109 Å². The molecule has 0 spiro atoms. The first-order valence-corrected chi connectivity index (χ1v) is 10.9. The van der Waals surface area contributed by atoms with E-state index in [1.54, 1.807) is 13.8 Å². The van der Waals surface area contributed by atoms with Crippen molar-refractivity contribution in [3.8, 4) is 0 Å². The largest absolute Gasteiger partial charge is 0.229 e. The van der Waals surface area contributed by atoms with Gasteiger partial charge in [0.25, 0.3) is 0 Å². The molecule has 0 aromatic rings. The molecule has 0 aliphatic rings. The van der Waals surface area contributed by atoms with Crippen molar-refractivity contribution >= 4 is 9.84 Å². The predicted octanol–water partition coefficient (Wildman–Crippen LogP) is 5.90. The minimum atomic E-state index is -2.81. The molecule has 0 amide bonds. The van der Waals surface area contributed by atoms with E-state index in [1.165, 1.54) is 70.6 Å². The van der Waals surface area contributed by atoms with Crippen LogP contribution in [0.5, 0.6) is 0 Å². The minimum Gasteiger partial charge on any atom is -0.229 e. The lowest BCUT2D eigenvalue weighted by Gasteiger charge is -2.07. The first kappa shape index (κ1) is 20.9. The first-order chi connectivity index (χ1) is 10.0. The van der Waals surface area contributed by atoms with E-state index in [4.69, 9.17) is 0 Å². The van der Waals surface area contributed by atoms with E-state index in [9.17, 15) is 8.42 Å². The highest BCUT2D eigenvalue weighted by molar-refractivity contribution is 7.91. The number of sulfone groups is 1. The zero-order valence-electron chi connectivity index (χ0n) is 14.7. The Morgan fingerprint density at radius 2 is 0.952 bits per heavy atom. The van der Waals surface area contributed by atoms with Crippen LogP contribution in [0.25, 0.3) is 0 Å². The molecule has 0 aliphatic heterocycles. The normalized spacial score (nSPS) is 12.2. The van der Waals surface area contributed by atoms with Crippen LogP contribution in [0.3, 0.4) is 0 Å². The molecule has 0 aliphatic carbocycles. The molecule has 0 saturated heterocycles. The zero-order valence-corrected chi connectivity index (χ0v) is 15.5. The van der Waals surface area contributed by atoms with Gasteiger partial charge in [-0.2, -0.15) is 0 Å². The van der Waals surface area contributed by atoms with Gasteiger partial charge < -0.3 is 0 Å². The smallest absolute Gasteiger partial charge is 0.152 e. The summed E-state index contributed by atoms with van der Waals surface area (Å²) >= 11 is 0. The van der Waals surface area contributed by atoms with Gasteiger partial charge >= 0.3 is 0 Å². The molecule has 128 valence electrons. The van der Waals surface area contributed by atoms with Crippen LogP contribution in [0.1, 0.15) is 104 Å². The minimum absolute atomic E-state index is 0.213. The van der Waals surface area contributed by atoms with E-state index >= 15 is 0 Å². The van der Waals surface area contributed by atoms with Crippen molar-refractivity contribution in [3.63, 3.8) is 0 Å². The fourth-order valence-corrected chi connectivity index (χ4v) is 3.63. The highest BCUT2D eigenvalue weighted by atomic mass is 32.2. The second-order valence-corrected chi connectivity index (χ2v) is 9.34. The quantitative estimate of drug-likeness (QED) is 0.352. The van der Waals surface area contributed by atoms with Gasteiger partial charge in [-0.3, -0.25) is 0 Å². The maximum atomic E-state index is 11.6. The summed E-state index contributed by atoms with van der Waals surface area (Å²) in [6.45, 7) is 5.81. The summed E-state index contributed by atoms with van der Waals surface area (Å²) in [4.78, 5) is 0. The average molecular weight is 319 g/mol. The molecule has 0 N–H and O–H groups in total. The summed E-state index contributed by atoms with van der Waals surface area (Å²) in [5, 5.41) is -0.213. The third-order valence-electron chi connectivity index (χ3n) is 4.25. The number of hydrogen-bond donors (Lipinski definition) is 0. The Morgan fingerprint density at radius 1 is 0.619 bits per heavy atom. The zero-order chi connectivity index (χ0) is 16.0. The molecule has 0 unspecified atom stereocenters. The predicted molar refractivity (Wildman–Crippen MR) is 94.6 cm³/mol. The van der Waals surface area contributed by atoms with Gasteiger partial charge in [-0.15, -0.1) is 0 Å². The SMILES string of the molecule is CCCCCCCCCCCCCCCS(=O)(=O)C(C)C. The number of unbranched alkanes of at least 4 members (excludes halogenated alkanes) is 12. The first-order valence-electron chi connectivity index (χ1n) is 9.22. The molecule has 0 radical (unpaired) electrons. The lowest BCUT2D eigenvalue weighted by Crippen LogP contribution is -2.17. The second kappa shape index (κ2) is 13.6. The van der Waals surface area contributed by atoms with Crippen LogP contribution >= 0.6 is 0 Å². The molecule has 3 heteroatoms. The van der Waals surface area contributed by atoms with Crippen LogP contribution in [0.4, 0.5) is 0 Å². The fourth-order valence-electron chi connectivity index (χ4n) is 2.56. The monoisotopic (exact) mass is 318 g/mol. The van der Waals surface area contributed by atoms with Gasteiger partial charge in [0.05, 0.1) is 11.0 Å². The lowest BCUT2D eigenvalue weighted by molar-refractivity contribution is 0.540. The Kier molecular flexibility index (Phi) is 13.6. The lowest BCUT2D eigenvalue weighted by atomic mass is 10.1. The van der Waals surface area contributed by atoms with Gasteiger partial charge in [-0.1, -0.05) is 84.0 Å². The molecular formula is C18H38O2S. The molecule has 0 atom stereocenters. The van der Waals surface area contributed by atoms with Crippen LogP contribution in [-0.4, -0.2) is 19.4 Å². The van der Waals surface area contributed by atoms with E-state index in [0.717, 1.165) is 12.8 Å².